The van der Waals surface area contributed by atoms with Crippen molar-refractivity contribution in [3.63, 3.8) is 0 Å². The zero-order chi connectivity index (χ0) is 18.5. The van der Waals surface area contributed by atoms with Crippen LogP contribution in [0.15, 0.2) is 36.4 Å². The number of halogens is 1. The minimum absolute atomic E-state index is 0.205. The van der Waals surface area contributed by atoms with E-state index in [0.29, 0.717) is 32.4 Å². The van der Waals surface area contributed by atoms with Crippen molar-refractivity contribution in [1.29, 1.82) is 0 Å². The summed E-state index contributed by atoms with van der Waals surface area (Å²) < 4.78 is 11.0. The van der Waals surface area contributed by atoms with Crippen molar-refractivity contribution in [3.05, 3.63) is 52.5 Å². The summed E-state index contributed by atoms with van der Waals surface area (Å²) in [7, 11) is 3.06. The van der Waals surface area contributed by atoms with Gasteiger partial charge in [0.1, 0.15) is 11.5 Å². The molecule has 0 spiro atoms. The van der Waals surface area contributed by atoms with Crippen LogP contribution < -0.4 is 14.8 Å². The maximum Gasteiger partial charge on any atom is 0.255 e. The van der Waals surface area contributed by atoms with E-state index >= 15 is 0 Å². The van der Waals surface area contributed by atoms with Crippen LogP contribution in [0.4, 0.5) is 5.69 Å². The van der Waals surface area contributed by atoms with Crippen LogP contribution in [0.1, 0.15) is 26.9 Å². The quantitative estimate of drug-likeness (QED) is 0.708. The molecule has 1 N–H and O–H groups in total. The molecule has 0 radical (unpaired) electrons. The number of rotatable bonds is 5. The molecule has 0 bridgehead atoms. The first kappa shape index (κ1) is 19.3. The molecule has 1 aliphatic heterocycles. The van der Waals surface area contributed by atoms with Gasteiger partial charge < -0.3 is 14.8 Å². The predicted octanol–water partition coefficient (Wildman–Crippen LogP) is 5.48. The second-order valence-electron chi connectivity index (χ2n) is 5.69. The van der Waals surface area contributed by atoms with Crippen LogP contribution in [0.2, 0.25) is 5.02 Å². The first-order valence-corrected chi connectivity index (χ1v) is 10.7. The molecule has 1 aliphatic rings. The molecule has 2 aromatic rings. The average Bonchev–Trinajstić information content (AvgIpc) is 2.69. The van der Waals surface area contributed by atoms with Crippen molar-refractivity contribution in [2.45, 2.75) is 11.0 Å². The molecular formula is C19H20ClNO3S2. The van der Waals surface area contributed by atoms with Crippen LogP contribution >= 0.6 is 35.1 Å². The van der Waals surface area contributed by atoms with E-state index in [1.165, 1.54) is 37.7 Å². The van der Waals surface area contributed by atoms with Crippen LogP contribution in [0, 0.1) is 0 Å². The standard InChI is InChI=1S/C19H20ClNO3S2/c1-23-16-11-15(17(24-2)10-14(16)20)21-18(22)12-4-6-13(7-5-12)19-25-8-3-9-26-19/h4-7,10-11,19H,3,8-9H2,1-2H3,(H,21,22). The molecule has 1 saturated heterocycles. The highest BCUT2D eigenvalue weighted by Gasteiger charge is 2.18. The third kappa shape index (κ3) is 4.42. The Bertz CT molecular complexity index is 777. The van der Waals surface area contributed by atoms with Gasteiger partial charge in [0.2, 0.25) is 0 Å². The lowest BCUT2D eigenvalue weighted by Crippen LogP contribution is -2.13. The van der Waals surface area contributed by atoms with Crippen molar-refractivity contribution in [2.24, 2.45) is 0 Å². The van der Waals surface area contributed by atoms with Gasteiger partial charge in [0.15, 0.2) is 0 Å². The van der Waals surface area contributed by atoms with Gasteiger partial charge in [0.05, 0.1) is 29.5 Å². The Labute approximate surface area is 167 Å². The summed E-state index contributed by atoms with van der Waals surface area (Å²) in [6.07, 6.45) is 1.26. The van der Waals surface area contributed by atoms with Crippen molar-refractivity contribution in [1.82, 2.24) is 0 Å². The van der Waals surface area contributed by atoms with Crippen molar-refractivity contribution in [2.75, 3.05) is 31.0 Å². The predicted molar refractivity (Wildman–Crippen MR) is 111 cm³/mol. The number of ether oxygens (including phenoxy) is 2. The number of carbonyl (C=O) groups is 1. The molecule has 0 aliphatic carbocycles. The zero-order valence-electron chi connectivity index (χ0n) is 14.6. The highest BCUT2D eigenvalue weighted by atomic mass is 35.5. The Kier molecular flexibility index (Phi) is 6.62. The van der Waals surface area contributed by atoms with Crippen LogP contribution in [0.3, 0.4) is 0 Å². The number of anilines is 1. The molecule has 0 atom stereocenters. The van der Waals surface area contributed by atoms with Gasteiger partial charge in [-0.1, -0.05) is 23.7 Å². The van der Waals surface area contributed by atoms with Crippen LogP contribution in [-0.4, -0.2) is 31.6 Å². The fourth-order valence-electron chi connectivity index (χ4n) is 2.62. The largest absolute Gasteiger partial charge is 0.495 e. The van der Waals surface area contributed by atoms with E-state index in [1.807, 2.05) is 47.8 Å². The minimum atomic E-state index is -0.205. The van der Waals surface area contributed by atoms with Gasteiger partial charge in [-0.3, -0.25) is 4.79 Å². The lowest BCUT2D eigenvalue weighted by atomic mass is 10.1. The molecule has 1 amide bonds. The van der Waals surface area contributed by atoms with Gasteiger partial charge in [-0.25, -0.2) is 0 Å². The monoisotopic (exact) mass is 409 g/mol. The maximum atomic E-state index is 12.6. The number of benzene rings is 2. The molecule has 26 heavy (non-hydrogen) atoms. The topological polar surface area (TPSA) is 47.6 Å². The van der Waals surface area contributed by atoms with Gasteiger partial charge >= 0.3 is 0 Å². The summed E-state index contributed by atoms with van der Waals surface area (Å²) in [4.78, 5) is 12.6. The number of hydrogen-bond donors (Lipinski definition) is 1. The van der Waals surface area contributed by atoms with E-state index in [0.717, 1.165) is 0 Å². The number of amides is 1. The highest BCUT2D eigenvalue weighted by Crippen LogP contribution is 2.43. The Balaban J connectivity index is 1.75. The van der Waals surface area contributed by atoms with Crippen molar-refractivity contribution in [3.8, 4) is 11.5 Å². The van der Waals surface area contributed by atoms with Crippen molar-refractivity contribution >= 4 is 46.7 Å². The number of hydrogen-bond acceptors (Lipinski definition) is 5. The first-order chi connectivity index (χ1) is 12.6. The van der Waals surface area contributed by atoms with Crippen LogP contribution in [0.25, 0.3) is 0 Å². The molecule has 7 heteroatoms. The van der Waals surface area contributed by atoms with E-state index in [1.54, 1.807) is 12.1 Å². The number of carbonyl (C=O) groups excluding carboxylic acids is 1. The molecule has 1 fully saturated rings. The molecule has 0 aromatic heterocycles. The highest BCUT2D eigenvalue weighted by molar-refractivity contribution is 8.16. The molecule has 2 aromatic carbocycles. The van der Waals surface area contributed by atoms with Gasteiger partial charge in [-0.05, 0) is 35.6 Å². The van der Waals surface area contributed by atoms with Crippen LogP contribution in [0.5, 0.6) is 11.5 Å². The molecule has 3 rings (SSSR count). The van der Waals surface area contributed by atoms with Gasteiger partial charge in [0.25, 0.3) is 5.91 Å². The normalized spacial score (nSPS) is 14.7. The summed E-state index contributed by atoms with van der Waals surface area (Å²) >= 11 is 10.0. The zero-order valence-corrected chi connectivity index (χ0v) is 17.0. The van der Waals surface area contributed by atoms with E-state index < -0.39 is 0 Å². The Morgan fingerprint density at radius 2 is 1.73 bits per heavy atom. The van der Waals surface area contributed by atoms with Crippen LogP contribution in [-0.2, 0) is 0 Å². The van der Waals surface area contributed by atoms with E-state index in [9.17, 15) is 4.79 Å². The second kappa shape index (κ2) is 8.93. The molecule has 0 unspecified atom stereocenters. The maximum absolute atomic E-state index is 12.6. The Morgan fingerprint density at radius 3 is 2.35 bits per heavy atom. The second-order valence-corrected chi connectivity index (χ2v) is 8.82. The van der Waals surface area contributed by atoms with E-state index in [2.05, 4.69) is 5.32 Å². The fraction of sp³-hybridized carbons (Fsp3) is 0.316. The lowest BCUT2D eigenvalue weighted by molar-refractivity contribution is 0.102. The molecular weight excluding hydrogens is 390 g/mol. The lowest BCUT2D eigenvalue weighted by Gasteiger charge is -2.21. The van der Waals surface area contributed by atoms with Crippen molar-refractivity contribution < 1.29 is 14.3 Å². The SMILES string of the molecule is COc1cc(NC(=O)c2ccc(C3SCCCS3)cc2)c(OC)cc1Cl. The summed E-state index contributed by atoms with van der Waals surface area (Å²) in [6, 6.07) is 11.1. The molecule has 138 valence electrons. The fourth-order valence-corrected chi connectivity index (χ4v) is 5.75. The Hall–Kier alpha value is -1.50. The summed E-state index contributed by atoms with van der Waals surface area (Å²) in [5.74, 6) is 3.14. The smallest absolute Gasteiger partial charge is 0.255 e. The molecule has 1 heterocycles. The summed E-state index contributed by atoms with van der Waals surface area (Å²) in [6.45, 7) is 0. The number of methoxy groups -OCH3 is 2. The average molecular weight is 410 g/mol. The van der Waals surface area contributed by atoms with E-state index in [4.69, 9.17) is 21.1 Å². The minimum Gasteiger partial charge on any atom is -0.495 e. The number of thioether (sulfide) groups is 2. The number of nitrogens with one attached hydrogen (secondary N) is 1. The third-order valence-corrected chi connectivity index (χ3v) is 7.30. The van der Waals surface area contributed by atoms with Gasteiger partial charge in [-0.15, -0.1) is 23.5 Å². The summed E-state index contributed by atoms with van der Waals surface area (Å²) in [5.41, 5.74) is 2.36. The molecule has 4 nitrogen and oxygen atoms in total. The third-order valence-electron chi connectivity index (χ3n) is 3.99. The van der Waals surface area contributed by atoms with Gasteiger partial charge in [-0.2, -0.15) is 0 Å². The van der Waals surface area contributed by atoms with E-state index in [-0.39, 0.29) is 5.91 Å². The molecule has 0 saturated carbocycles. The van der Waals surface area contributed by atoms with Gasteiger partial charge in [0, 0.05) is 17.7 Å². The summed E-state index contributed by atoms with van der Waals surface area (Å²) in [5, 5.41) is 3.29. The Morgan fingerprint density at radius 1 is 1.08 bits per heavy atom. The first-order valence-electron chi connectivity index (χ1n) is 8.18.